The van der Waals surface area contributed by atoms with E-state index in [0.29, 0.717) is 11.3 Å². The van der Waals surface area contributed by atoms with Crippen LogP contribution in [0.4, 0.5) is 0 Å². The van der Waals surface area contributed by atoms with Crippen LogP contribution in [0.15, 0.2) is 69.9 Å². The Morgan fingerprint density at radius 1 is 1.00 bits per heavy atom. The molecule has 0 spiro atoms. The van der Waals surface area contributed by atoms with Crippen molar-refractivity contribution in [3.8, 4) is 28.3 Å². The monoisotopic (exact) mass is 395 g/mol. The summed E-state index contributed by atoms with van der Waals surface area (Å²) in [4.78, 5) is 17.1. The van der Waals surface area contributed by atoms with Crippen molar-refractivity contribution < 1.29 is 4.74 Å². The maximum atomic E-state index is 12.5. The average molecular weight is 396 g/mol. The number of aromatic amines is 1. The predicted molar refractivity (Wildman–Crippen MR) is 101 cm³/mol. The molecule has 0 atom stereocenters. The molecule has 4 rings (SSSR count). The van der Waals surface area contributed by atoms with E-state index in [1.165, 1.54) is 10.6 Å². The molecule has 0 unspecified atom stereocenters. The summed E-state index contributed by atoms with van der Waals surface area (Å²) < 4.78 is 7.62. The van der Waals surface area contributed by atoms with E-state index >= 15 is 0 Å². The summed E-state index contributed by atoms with van der Waals surface area (Å²) in [6.45, 7) is 0. The Labute approximate surface area is 152 Å². The van der Waals surface area contributed by atoms with E-state index in [4.69, 9.17) is 4.74 Å². The van der Waals surface area contributed by atoms with Crippen LogP contribution in [-0.4, -0.2) is 21.7 Å². The zero-order chi connectivity index (χ0) is 17.4. The number of ether oxygens (including phenoxy) is 1. The number of benzene rings is 2. The highest BCUT2D eigenvalue weighted by Crippen LogP contribution is 2.23. The third-order valence-corrected chi connectivity index (χ3v) is 4.52. The topological polar surface area (TPSA) is 59.4 Å². The van der Waals surface area contributed by atoms with Crippen LogP contribution in [0.3, 0.4) is 0 Å². The van der Waals surface area contributed by atoms with Crippen molar-refractivity contribution >= 4 is 21.6 Å². The minimum absolute atomic E-state index is 0.154. The highest BCUT2D eigenvalue weighted by atomic mass is 79.9. The van der Waals surface area contributed by atoms with E-state index in [1.54, 1.807) is 7.11 Å². The Hall–Kier alpha value is -2.86. The lowest BCUT2D eigenvalue weighted by atomic mass is 10.1. The van der Waals surface area contributed by atoms with Crippen LogP contribution in [0.5, 0.6) is 5.75 Å². The summed E-state index contributed by atoms with van der Waals surface area (Å²) in [6, 6.07) is 18.7. The normalized spacial score (nSPS) is 11.0. The molecule has 2 heterocycles. The van der Waals surface area contributed by atoms with E-state index in [-0.39, 0.29) is 5.56 Å². The maximum Gasteiger partial charge on any atom is 0.273 e. The van der Waals surface area contributed by atoms with E-state index in [9.17, 15) is 4.79 Å². The van der Waals surface area contributed by atoms with Crippen LogP contribution in [0.1, 0.15) is 0 Å². The SMILES string of the molecule is COc1ccc(-c2cc(=O)n3[nH]c(-c4ccc(Br)cc4)cc3n2)cc1. The molecular formula is C19H14BrN3O2. The number of nitrogens with zero attached hydrogens (tertiary/aromatic N) is 2. The fourth-order valence-corrected chi connectivity index (χ4v) is 2.94. The third kappa shape index (κ3) is 2.96. The molecule has 25 heavy (non-hydrogen) atoms. The molecule has 0 aliphatic heterocycles. The lowest BCUT2D eigenvalue weighted by Crippen LogP contribution is -2.14. The Kier molecular flexibility index (Phi) is 3.89. The molecule has 0 amide bonds. The van der Waals surface area contributed by atoms with Gasteiger partial charge in [-0.2, -0.15) is 0 Å². The number of methoxy groups -OCH3 is 1. The van der Waals surface area contributed by atoms with Crippen molar-refractivity contribution in [1.29, 1.82) is 0 Å². The van der Waals surface area contributed by atoms with Crippen LogP contribution >= 0.6 is 15.9 Å². The van der Waals surface area contributed by atoms with Gasteiger partial charge in [0.2, 0.25) is 0 Å². The van der Waals surface area contributed by atoms with E-state index < -0.39 is 0 Å². The fraction of sp³-hybridized carbons (Fsp3) is 0.0526. The van der Waals surface area contributed by atoms with Gasteiger partial charge >= 0.3 is 0 Å². The van der Waals surface area contributed by atoms with Gasteiger partial charge in [-0.15, -0.1) is 0 Å². The van der Waals surface area contributed by atoms with Crippen molar-refractivity contribution in [1.82, 2.24) is 14.6 Å². The number of aromatic nitrogens is 3. The highest BCUT2D eigenvalue weighted by molar-refractivity contribution is 9.10. The zero-order valence-corrected chi connectivity index (χ0v) is 14.9. The molecule has 124 valence electrons. The largest absolute Gasteiger partial charge is 0.497 e. The number of hydrogen-bond donors (Lipinski definition) is 1. The summed E-state index contributed by atoms with van der Waals surface area (Å²) >= 11 is 3.42. The van der Waals surface area contributed by atoms with Gasteiger partial charge in [0.25, 0.3) is 5.56 Å². The summed E-state index contributed by atoms with van der Waals surface area (Å²) in [7, 11) is 1.62. The van der Waals surface area contributed by atoms with Crippen LogP contribution in [-0.2, 0) is 0 Å². The summed E-state index contributed by atoms with van der Waals surface area (Å²) in [5.41, 5.74) is 3.75. The summed E-state index contributed by atoms with van der Waals surface area (Å²) in [6.07, 6.45) is 0. The molecule has 1 N–H and O–H groups in total. The van der Waals surface area contributed by atoms with Crippen molar-refractivity contribution in [3.63, 3.8) is 0 Å². The second kappa shape index (κ2) is 6.22. The van der Waals surface area contributed by atoms with Gasteiger partial charge in [-0.3, -0.25) is 9.89 Å². The molecule has 0 aliphatic carbocycles. The summed E-state index contributed by atoms with van der Waals surface area (Å²) in [5, 5.41) is 3.10. The van der Waals surface area contributed by atoms with E-state index in [0.717, 1.165) is 27.0 Å². The van der Waals surface area contributed by atoms with Gasteiger partial charge in [-0.05, 0) is 42.0 Å². The van der Waals surface area contributed by atoms with Crippen LogP contribution in [0, 0.1) is 0 Å². The fourth-order valence-electron chi connectivity index (χ4n) is 2.68. The van der Waals surface area contributed by atoms with Crippen molar-refractivity contribution in [2.24, 2.45) is 0 Å². The maximum absolute atomic E-state index is 12.5. The standard InChI is InChI=1S/C19H14BrN3O2/c1-25-15-8-4-12(5-9-15)16-11-19(24)23-18(21-16)10-17(22-23)13-2-6-14(20)7-3-13/h2-11,22H,1H3. The second-order valence-corrected chi connectivity index (χ2v) is 6.49. The number of halogens is 1. The van der Waals surface area contributed by atoms with Gasteiger partial charge in [0.05, 0.1) is 18.5 Å². The van der Waals surface area contributed by atoms with Gasteiger partial charge in [-0.1, -0.05) is 28.1 Å². The van der Waals surface area contributed by atoms with Crippen molar-refractivity contribution in [3.05, 3.63) is 75.5 Å². The van der Waals surface area contributed by atoms with E-state index in [2.05, 4.69) is 26.0 Å². The van der Waals surface area contributed by atoms with Crippen LogP contribution < -0.4 is 10.3 Å². The molecule has 4 aromatic rings. The third-order valence-electron chi connectivity index (χ3n) is 3.99. The number of hydrogen-bond acceptors (Lipinski definition) is 3. The van der Waals surface area contributed by atoms with Gasteiger partial charge in [0.15, 0.2) is 5.65 Å². The molecule has 0 aliphatic rings. The first kappa shape index (κ1) is 15.7. The Balaban J connectivity index is 1.81. The highest BCUT2D eigenvalue weighted by Gasteiger charge is 2.09. The van der Waals surface area contributed by atoms with Gasteiger partial charge in [0, 0.05) is 22.2 Å². The molecule has 0 radical (unpaired) electrons. The Morgan fingerprint density at radius 2 is 1.68 bits per heavy atom. The number of nitrogens with one attached hydrogen (secondary N) is 1. The lowest BCUT2D eigenvalue weighted by molar-refractivity contribution is 0.415. The lowest BCUT2D eigenvalue weighted by Gasteiger charge is -2.03. The molecule has 2 aromatic carbocycles. The van der Waals surface area contributed by atoms with Crippen LogP contribution in [0.25, 0.3) is 28.2 Å². The van der Waals surface area contributed by atoms with Gasteiger partial charge in [-0.25, -0.2) is 9.50 Å². The second-order valence-electron chi connectivity index (χ2n) is 5.58. The first-order chi connectivity index (χ1) is 12.1. The molecule has 0 bridgehead atoms. The van der Waals surface area contributed by atoms with Gasteiger partial charge < -0.3 is 4.74 Å². The molecule has 2 aromatic heterocycles. The average Bonchev–Trinajstić information content (AvgIpc) is 3.07. The van der Waals surface area contributed by atoms with Crippen molar-refractivity contribution in [2.45, 2.75) is 0 Å². The first-order valence-corrected chi connectivity index (χ1v) is 8.46. The van der Waals surface area contributed by atoms with Gasteiger partial charge in [0.1, 0.15) is 5.75 Å². The molecular weight excluding hydrogens is 382 g/mol. The Bertz CT molecular complexity index is 1100. The van der Waals surface area contributed by atoms with Crippen LogP contribution in [0.2, 0.25) is 0 Å². The Morgan fingerprint density at radius 3 is 2.36 bits per heavy atom. The van der Waals surface area contributed by atoms with E-state index in [1.807, 2.05) is 54.6 Å². The minimum atomic E-state index is -0.154. The summed E-state index contributed by atoms with van der Waals surface area (Å²) in [5.74, 6) is 0.765. The zero-order valence-electron chi connectivity index (χ0n) is 13.4. The quantitative estimate of drug-likeness (QED) is 0.567. The smallest absolute Gasteiger partial charge is 0.273 e. The molecule has 0 saturated carbocycles. The molecule has 0 fully saturated rings. The van der Waals surface area contributed by atoms with Crippen molar-refractivity contribution in [2.75, 3.05) is 7.11 Å². The minimum Gasteiger partial charge on any atom is -0.497 e. The molecule has 6 heteroatoms. The number of H-pyrrole nitrogens is 1. The number of fused-ring (bicyclic) bond motifs is 1. The number of rotatable bonds is 3. The first-order valence-electron chi connectivity index (χ1n) is 7.67. The molecule has 5 nitrogen and oxygen atoms in total. The molecule has 0 saturated heterocycles. The predicted octanol–water partition coefficient (Wildman–Crippen LogP) is 4.13.